The van der Waals surface area contributed by atoms with E-state index in [0.29, 0.717) is 10.9 Å². The third-order valence-corrected chi connectivity index (χ3v) is 4.55. The SMILES string of the molecule is CCCS(=O)(=O)c1c(N)cncc1Br. The number of aromatic nitrogens is 1. The van der Waals surface area contributed by atoms with Crippen LogP contribution in [0.4, 0.5) is 5.69 Å². The van der Waals surface area contributed by atoms with Gasteiger partial charge in [-0.15, -0.1) is 0 Å². The number of nitrogens with two attached hydrogens (primary N) is 1. The van der Waals surface area contributed by atoms with E-state index in [0.717, 1.165) is 0 Å². The van der Waals surface area contributed by atoms with E-state index >= 15 is 0 Å². The van der Waals surface area contributed by atoms with Gasteiger partial charge < -0.3 is 5.73 Å². The summed E-state index contributed by atoms with van der Waals surface area (Å²) in [4.78, 5) is 3.93. The lowest BCUT2D eigenvalue weighted by molar-refractivity contribution is 0.594. The second-order valence-corrected chi connectivity index (χ2v) is 5.76. The number of nitrogens with zero attached hydrogens (tertiary/aromatic N) is 1. The van der Waals surface area contributed by atoms with Gasteiger partial charge >= 0.3 is 0 Å². The van der Waals surface area contributed by atoms with Gasteiger partial charge in [0.25, 0.3) is 0 Å². The molecule has 1 aromatic rings. The van der Waals surface area contributed by atoms with Crippen molar-refractivity contribution in [3.05, 3.63) is 16.9 Å². The van der Waals surface area contributed by atoms with E-state index in [1.54, 1.807) is 0 Å². The molecule has 1 heterocycles. The highest BCUT2D eigenvalue weighted by molar-refractivity contribution is 9.10. The van der Waals surface area contributed by atoms with Crippen LogP contribution in [0.1, 0.15) is 13.3 Å². The highest BCUT2D eigenvalue weighted by Crippen LogP contribution is 2.27. The van der Waals surface area contributed by atoms with Crippen LogP contribution in [0, 0.1) is 0 Å². The predicted octanol–water partition coefficient (Wildman–Crippen LogP) is 1.61. The van der Waals surface area contributed by atoms with Crippen LogP contribution in [0.3, 0.4) is 0 Å². The number of hydrogen-bond acceptors (Lipinski definition) is 4. The molecule has 0 aliphatic carbocycles. The van der Waals surface area contributed by atoms with Gasteiger partial charge in [-0.1, -0.05) is 6.92 Å². The van der Waals surface area contributed by atoms with Crippen molar-refractivity contribution in [3.63, 3.8) is 0 Å². The van der Waals surface area contributed by atoms with Gasteiger partial charge in [-0.05, 0) is 22.4 Å². The predicted molar refractivity (Wildman–Crippen MR) is 58.7 cm³/mol. The molecule has 1 rings (SSSR count). The maximum Gasteiger partial charge on any atom is 0.181 e. The number of hydrogen-bond donors (Lipinski definition) is 1. The van der Waals surface area contributed by atoms with E-state index in [1.165, 1.54) is 12.4 Å². The normalized spacial score (nSPS) is 11.6. The fourth-order valence-electron chi connectivity index (χ4n) is 1.14. The zero-order valence-electron chi connectivity index (χ0n) is 7.70. The average Bonchev–Trinajstić information content (AvgIpc) is 2.02. The Morgan fingerprint density at radius 3 is 2.64 bits per heavy atom. The number of pyridine rings is 1. The van der Waals surface area contributed by atoms with Gasteiger partial charge in [0.1, 0.15) is 4.90 Å². The molecule has 4 nitrogen and oxygen atoms in total. The maximum atomic E-state index is 11.7. The van der Waals surface area contributed by atoms with Crippen molar-refractivity contribution < 1.29 is 8.42 Å². The molecule has 1 aromatic heterocycles. The van der Waals surface area contributed by atoms with Crippen LogP contribution in [0.25, 0.3) is 0 Å². The van der Waals surface area contributed by atoms with E-state index in [4.69, 9.17) is 5.73 Å². The van der Waals surface area contributed by atoms with Gasteiger partial charge in [0.15, 0.2) is 9.84 Å². The van der Waals surface area contributed by atoms with Gasteiger partial charge in [0, 0.05) is 6.20 Å². The lowest BCUT2D eigenvalue weighted by atomic mass is 10.4. The van der Waals surface area contributed by atoms with Crippen LogP contribution < -0.4 is 5.73 Å². The van der Waals surface area contributed by atoms with Crippen molar-refractivity contribution in [2.24, 2.45) is 0 Å². The van der Waals surface area contributed by atoms with E-state index in [1.807, 2.05) is 6.92 Å². The first-order valence-electron chi connectivity index (χ1n) is 4.10. The van der Waals surface area contributed by atoms with Gasteiger partial charge in [-0.3, -0.25) is 4.98 Å². The molecule has 78 valence electrons. The fraction of sp³-hybridized carbons (Fsp3) is 0.375. The van der Waals surface area contributed by atoms with E-state index in [9.17, 15) is 8.42 Å². The van der Waals surface area contributed by atoms with Crippen molar-refractivity contribution in [1.82, 2.24) is 4.98 Å². The molecule has 0 fully saturated rings. The molecule has 14 heavy (non-hydrogen) atoms. The Balaban J connectivity index is 3.32. The molecule has 0 aromatic carbocycles. The number of nitrogen functional groups attached to an aromatic ring is 1. The standard InChI is InChI=1S/C8H11BrN2O2S/c1-2-3-14(12,13)8-6(9)4-11-5-7(8)10/h4-5H,2-3,10H2,1H3. The Hall–Kier alpha value is -0.620. The Bertz CT molecular complexity index is 411. The van der Waals surface area contributed by atoms with Crippen molar-refractivity contribution in [2.75, 3.05) is 11.5 Å². The monoisotopic (exact) mass is 278 g/mol. The molecule has 0 atom stereocenters. The van der Waals surface area contributed by atoms with Crippen LogP contribution in [0.2, 0.25) is 0 Å². The third-order valence-electron chi connectivity index (χ3n) is 1.66. The summed E-state index contributed by atoms with van der Waals surface area (Å²) in [6.07, 6.45) is 3.34. The van der Waals surface area contributed by atoms with Crippen LogP contribution in [0.5, 0.6) is 0 Å². The van der Waals surface area contributed by atoms with Crippen molar-refractivity contribution in [3.8, 4) is 0 Å². The summed E-state index contributed by atoms with van der Waals surface area (Å²) >= 11 is 3.13. The summed E-state index contributed by atoms with van der Waals surface area (Å²) in [6.45, 7) is 1.81. The fourth-order valence-corrected chi connectivity index (χ4v) is 3.73. The minimum Gasteiger partial charge on any atom is -0.396 e. The molecule has 0 saturated carbocycles. The van der Waals surface area contributed by atoms with Crippen molar-refractivity contribution >= 4 is 31.5 Å². The molecule has 0 aliphatic rings. The summed E-state index contributed by atoms with van der Waals surface area (Å²) in [5.41, 5.74) is 5.75. The van der Waals surface area contributed by atoms with Gasteiger partial charge in [0.2, 0.25) is 0 Å². The summed E-state index contributed by atoms with van der Waals surface area (Å²) in [5, 5.41) is 0. The molecule has 0 spiro atoms. The second kappa shape index (κ2) is 4.27. The maximum absolute atomic E-state index is 11.7. The summed E-state index contributed by atoms with van der Waals surface area (Å²) in [5.74, 6) is 0.0970. The molecule has 0 radical (unpaired) electrons. The molecule has 0 saturated heterocycles. The molecule has 0 amide bonds. The zero-order valence-corrected chi connectivity index (χ0v) is 10.1. The van der Waals surface area contributed by atoms with Crippen LogP contribution in [-0.2, 0) is 9.84 Å². The second-order valence-electron chi connectivity index (χ2n) is 2.86. The topological polar surface area (TPSA) is 73.0 Å². The lowest BCUT2D eigenvalue weighted by Gasteiger charge is -2.07. The molecule has 0 unspecified atom stereocenters. The van der Waals surface area contributed by atoms with Crippen LogP contribution in [0.15, 0.2) is 21.8 Å². The van der Waals surface area contributed by atoms with E-state index in [2.05, 4.69) is 20.9 Å². The van der Waals surface area contributed by atoms with Gasteiger partial charge in [-0.25, -0.2) is 8.42 Å². The first-order valence-corrected chi connectivity index (χ1v) is 6.55. The lowest BCUT2D eigenvalue weighted by Crippen LogP contribution is -2.10. The average molecular weight is 279 g/mol. The summed E-state index contributed by atoms with van der Waals surface area (Å²) < 4.78 is 23.9. The number of sulfone groups is 1. The Kier molecular flexibility index (Phi) is 3.49. The minimum absolute atomic E-state index is 0.0970. The van der Waals surface area contributed by atoms with Gasteiger partial charge in [-0.2, -0.15) is 0 Å². The molecule has 6 heteroatoms. The quantitative estimate of drug-likeness (QED) is 0.912. The Morgan fingerprint density at radius 2 is 2.14 bits per heavy atom. The molecule has 2 N–H and O–H groups in total. The zero-order chi connectivity index (χ0) is 10.8. The third kappa shape index (κ3) is 2.24. The number of anilines is 1. The van der Waals surface area contributed by atoms with E-state index < -0.39 is 9.84 Å². The minimum atomic E-state index is -3.28. The summed E-state index contributed by atoms with van der Waals surface area (Å²) in [7, 11) is -3.28. The first-order chi connectivity index (χ1) is 6.49. The Labute approximate surface area is 91.6 Å². The number of halogens is 1. The van der Waals surface area contributed by atoms with E-state index in [-0.39, 0.29) is 16.3 Å². The van der Waals surface area contributed by atoms with Crippen LogP contribution >= 0.6 is 15.9 Å². The molecular formula is C8H11BrN2O2S. The van der Waals surface area contributed by atoms with Crippen molar-refractivity contribution in [2.45, 2.75) is 18.2 Å². The highest BCUT2D eigenvalue weighted by atomic mass is 79.9. The summed E-state index contributed by atoms with van der Waals surface area (Å²) in [6, 6.07) is 0. The molecule has 0 aliphatic heterocycles. The molecule has 0 bridgehead atoms. The highest BCUT2D eigenvalue weighted by Gasteiger charge is 2.19. The van der Waals surface area contributed by atoms with Gasteiger partial charge in [0.05, 0.1) is 22.1 Å². The largest absolute Gasteiger partial charge is 0.396 e. The first kappa shape index (κ1) is 11.5. The smallest absolute Gasteiger partial charge is 0.181 e. The van der Waals surface area contributed by atoms with Crippen molar-refractivity contribution in [1.29, 1.82) is 0 Å². The van der Waals surface area contributed by atoms with Crippen LogP contribution in [-0.4, -0.2) is 19.2 Å². The number of rotatable bonds is 3. The molecular weight excluding hydrogens is 268 g/mol. The Morgan fingerprint density at radius 1 is 1.50 bits per heavy atom.